The number of piperidine rings is 1. The average molecular weight is 208 g/mol. The van der Waals surface area contributed by atoms with Crippen LogP contribution in [0, 0.1) is 5.95 Å². The average Bonchev–Trinajstić information content (AvgIpc) is 2.20. The molecule has 1 saturated heterocycles. The zero-order chi connectivity index (χ0) is 10.8. The molecule has 15 heavy (non-hydrogen) atoms. The van der Waals surface area contributed by atoms with Crippen LogP contribution in [0.2, 0.25) is 0 Å². The standard InChI is InChI=1S/C10H9FN2O2/c11-8-5-4-7(6-12-8)13-9(14)2-1-3-10(13)15/h4-6H,1-3H2. The molecule has 1 aromatic rings. The summed E-state index contributed by atoms with van der Waals surface area (Å²) in [5, 5.41) is 0. The van der Waals surface area contributed by atoms with Crippen molar-refractivity contribution in [2.75, 3.05) is 4.90 Å². The molecule has 0 aromatic carbocycles. The number of rotatable bonds is 1. The Hall–Kier alpha value is -1.78. The van der Waals surface area contributed by atoms with Crippen LogP contribution in [-0.4, -0.2) is 16.8 Å². The monoisotopic (exact) mass is 208 g/mol. The lowest BCUT2D eigenvalue weighted by molar-refractivity contribution is -0.129. The van der Waals surface area contributed by atoms with Gasteiger partial charge < -0.3 is 0 Å². The first-order chi connectivity index (χ1) is 7.18. The van der Waals surface area contributed by atoms with E-state index >= 15 is 0 Å². The number of carbonyl (C=O) groups excluding carboxylic acids is 2. The lowest BCUT2D eigenvalue weighted by Crippen LogP contribution is -2.40. The molecule has 0 spiro atoms. The van der Waals surface area contributed by atoms with E-state index in [9.17, 15) is 14.0 Å². The highest BCUT2D eigenvalue weighted by atomic mass is 19.1. The fraction of sp³-hybridized carbons (Fsp3) is 0.300. The zero-order valence-electron chi connectivity index (χ0n) is 7.94. The molecule has 2 heterocycles. The van der Waals surface area contributed by atoms with Crippen molar-refractivity contribution in [3.63, 3.8) is 0 Å². The highest BCUT2D eigenvalue weighted by Crippen LogP contribution is 2.20. The van der Waals surface area contributed by atoms with Crippen LogP contribution in [0.1, 0.15) is 19.3 Å². The first-order valence-electron chi connectivity index (χ1n) is 4.66. The van der Waals surface area contributed by atoms with E-state index in [1.54, 1.807) is 0 Å². The van der Waals surface area contributed by atoms with Gasteiger partial charge in [0.25, 0.3) is 0 Å². The fourth-order valence-electron chi connectivity index (χ4n) is 1.54. The highest BCUT2D eigenvalue weighted by molar-refractivity contribution is 6.16. The summed E-state index contributed by atoms with van der Waals surface area (Å²) in [6.45, 7) is 0. The van der Waals surface area contributed by atoms with E-state index in [1.807, 2.05) is 0 Å². The summed E-state index contributed by atoms with van der Waals surface area (Å²) in [5.41, 5.74) is 0.339. The summed E-state index contributed by atoms with van der Waals surface area (Å²) in [6.07, 6.45) is 2.48. The Morgan fingerprint density at radius 3 is 2.40 bits per heavy atom. The Morgan fingerprint density at radius 2 is 1.87 bits per heavy atom. The number of anilines is 1. The van der Waals surface area contributed by atoms with E-state index in [4.69, 9.17) is 0 Å². The molecule has 1 aliphatic heterocycles. The third kappa shape index (κ3) is 1.86. The summed E-state index contributed by atoms with van der Waals surface area (Å²) in [5.74, 6) is -1.13. The van der Waals surface area contributed by atoms with E-state index in [0.717, 1.165) is 11.0 Å². The molecular weight excluding hydrogens is 199 g/mol. The van der Waals surface area contributed by atoms with Gasteiger partial charge in [-0.15, -0.1) is 0 Å². The van der Waals surface area contributed by atoms with E-state index in [-0.39, 0.29) is 11.8 Å². The summed E-state index contributed by atoms with van der Waals surface area (Å²) in [6, 6.07) is 2.51. The van der Waals surface area contributed by atoms with Gasteiger partial charge in [-0.05, 0) is 18.6 Å². The van der Waals surface area contributed by atoms with Crippen molar-refractivity contribution in [3.8, 4) is 0 Å². The Kier molecular flexibility index (Phi) is 2.45. The number of amides is 2. The van der Waals surface area contributed by atoms with Crippen LogP contribution in [0.3, 0.4) is 0 Å². The van der Waals surface area contributed by atoms with Crippen LogP contribution in [0.25, 0.3) is 0 Å². The molecule has 1 aliphatic rings. The maximum absolute atomic E-state index is 12.5. The van der Waals surface area contributed by atoms with Crippen LogP contribution < -0.4 is 4.90 Å². The summed E-state index contributed by atoms with van der Waals surface area (Å²) in [7, 11) is 0. The number of nitrogens with zero attached hydrogens (tertiary/aromatic N) is 2. The molecule has 1 aromatic heterocycles. The van der Waals surface area contributed by atoms with Gasteiger partial charge in [0, 0.05) is 12.8 Å². The molecule has 5 heteroatoms. The van der Waals surface area contributed by atoms with E-state index < -0.39 is 5.95 Å². The molecule has 0 atom stereocenters. The van der Waals surface area contributed by atoms with Crippen molar-refractivity contribution in [3.05, 3.63) is 24.3 Å². The predicted molar refractivity (Wildman–Crippen MR) is 50.5 cm³/mol. The molecule has 78 valence electrons. The fourth-order valence-corrected chi connectivity index (χ4v) is 1.54. The Labute approximate surface area is 85.7 Å². The van der Waals surface area contributed by atoms with Crippen molar-refractivity contribution < 1.29 is 14.0 Å². The van der Waals surface area contributed by atoms with Gasteiger partial charge in [-0.2, -0.15) is 4.39 Å². The minimum absolute atomic E-state index is 0.250. The highest BCUT2D eigenvalue weighted by Gasteiger charge is 2.27. The lowest BCUT2D eigenvalue weighted by Gasteiger charge is -2.24. The van der Waals surface area contributed by atoms with Crippen molar-refractivity contribution >= 4 is 17.5 Å². The number of hydrogen-bond donors (Lipinski definition) is 0. The van der Waals surface area contributed by atoms with E-state index in [1.165, 1.54) is 12.3 Å². The van der Waals surface area contributed by atoms with Crippen molar-refractivity contribution in [1.82, 2.24) is 4.98 Å². The van der Waals surface area contributed by atoms with E-state index in [2.05, 4.69) is 4.98 Å². The minimum Gasteiger partial charge on any atom is -0.274 e. The number of carbonyl (C=O) groups is 2. The zero-order valence-corrected chi connectivity index (χ0v) is 7.94. The quantitative estimate of drug-likeness (QED) is 0.515. The maximum atomic E-state index is 12.5. The first-order valence-corrected chi connectivity index (χ1v) is 4.66. The second kappa shape index (κ2) is 3.76. The largest absolute Gasteiger partial charge is 0.274 e. The van der Waals surface area contributed by atoms with Crippen molar-refractivity contribution in [2.45, 2.75) is 19.3 Å². The second-order valence-corrected chi connectivity index (χ2v) is 3.32. The van der Waals surface area contributed by atoms with Gasteiger partial charge in [-0.1, -0.05) is 0 Å². The van der Waals surface area contributed by atoms with Crippen LogP contribution in [-0.2, 0) is 9.59 Å². The van der Waals surface area contributed by atoms with Crippen LogP contribution >= 0.6 is 0 Å². The lowest BCUT2D eigenvalue weighted by atomic mass is 10.1. The Balaban J connectivity index is 2.31. The van der Waals surface area contributed by atoms with Crippen LogP contribution in [0.4, 0.5) is 10.1 Å². The normalized spacial score (nSPS) is 17.0. The second-order valence-electron chi connectivity index (χ2n) is 3.32. The molecule has 0 N–H and O–H groups in total. The third-order valence-corrected chi connectivity index (χ3v) is 2.25. The molecule has 0 unspecified atom stereocenters. The molecule has 0 bridgehead atoms. The topological polar surface area (TPSA) is 50.3 Å². The van der Waals surface area contributed by atoms with Crippen molar-refractivity contribution in [1.29, 1.82) is 0 Å². The molecular formula is C10H9FN2O2. The number of aromatic nitrogens is 1. The summed E-state index contributed by atoms with van der Waals surface area (Å²) < 4.78 is 12.5. The summed E-state index contributed by atoms with van der Waals surface area (Å²) >= 11 is 0. The molecule has 0 aliphatic carbocycles. The SMILES string of the molecule is O=C1CCCC(=O)N1c1ccc(F)nc1. The molecule has 2 rings (SSSR count). The van der Waals surface area contributed by atoms with Crippen molar-refractivity contribution in [2.24, 2.45) is 0 Å². The van der Waals surface area contributed by atoms with E-state index in [0.29, 0.717) is 24.9 Å². The van der Waals surface area contributed by atoms with Crippen LogP contribution in [0.15, 0.2) is 18.3 Å². The molecule has 4 nitrogen and oxygen atoms in total. The van der Waals surface area contributed by atoms with Gasteiger partial charge in [-0.3, -0.25) is 9.59 Å². The number of pyridine rings is 1. The third-order valence-electron chi connectivity index (χ3n) is 2.25. The Bertz CT molecular complexity index is 386. The molecule has 0 saturated carbocycles. The number of imide groups is 1. The van der Waals surface area contributed by atoms with Gasteiger partial charge in [0.15, 0.2) is 0 Å². The number of halogens is 1. The first kappa shape index (κ1) is 9.76. The molecule has 2 amide bonds. The van der Waals surface area contributed by atoms with Gasteiger partial charge in [0.2, 0.25) is 17.8 Å². The maximum Gasteiger partial charge on any atom is 0.233 e. The predicted octanol–water partition coefficient (Wildman–Crippen LogP) is 1.26. The van der Waals surface area contributed by atoms with Gasteiger partial charge in [0.1, 0.15) is 0 Å². The minimum atomic E-state index is -0.629. The van der Waals surface area contributed by atoms with Gasteiger partial charge in [-0.25, -0.2) is 9.88 Å². The smallest absolute Gasteiger partial charge is 0.233 e. The van der Waals surface area contributed by atoms with Gasteiger partial charge >= 0.3 is 0 Å². The van der Waals surface area contributed by atoms with Gasteiger partial charge in [0.05, 0.1) is 11.9 Å². The molecule has 0 radical (unpaired) electrons. The Morgan fingerprint density at radius 1 is 1.20 bits per heavy atom. The number of hydrogen-bond acceptors (Lipinski definition) is 3. The van der Waals surface area contributed by atoms with Crippen LogP contribution in [0.5, 0.6) is 0 Å². The summed E-state index contributed by atoms with van der Waals surface area (Å²) in [4.78, 5) is 27.4. The molecule has 1 fully saturated rings.